The number of aromatic nitrogens is 2. The minimum absolute atomic E-state index is 0.0697. The van der Waals surface area contributed by atoms with E-state index in [0.717, 1.165) is 24.5 Å². The maximum atomic E-state index is 12.5. The van der Waals surface area contributed by atoms with E-state index in [9.17, 15) is 13.2 Å². The zero-order valence-corrected chi connectivity index (χ0v) is 15.7. The molecule has 0 aromatic carbocycles. The molecule has 0 radical (unpaired) electrons. The molecule has 2 aliphatic heterocycles. The summed E-state index contributed by atoms with van der Waals surface area (Å²) in [5.74, 6) is 0.959. The molecule has 3 heterocycles. The molecule has 2 unspecified atom stereocenters. The molecule has 1 aromatic heterocycles. The van der Waals surface area contributed by atoms with Crippen molar-refractivity contribution in [2.45, 2.75) is 18.7 Å². The van der Waals surface area contributed by atoms with Crippen LogP contribution in [0.4, 0.5) is 13.2 Å². The summed E-state index contributed by atoms with van der Waals surface area (Å²) in [6.45, 7) is 2.72. The van der Waals surface area contributed by atoms with E-state index >= 15 is 0 Å². The minimum Gasteiger partial charge on any atom is -0.370 e. The van der Waals surface area contributed by atoms with Crippen molar-refractivity contribution in [2.24, 2.45) is 18.0 Å². The average molecular weight is 388 g/mol. The molecule has 2 aliphatic rings. The highest BCUT2D eigenvalue weighted by Gasteiger charge is 2.34. The van der Waals surface area contributed by atoms with Crippen LogP contribution in [0.5, 0.6) is 0 Å². The van der Waals surface area contributed by atoms with Crippen LogP contribution in [-0.4, -0.2) is 84.6 Å². The first kappa shape index (κ1) is 19.9. The van der Waals surface area contributed by atoms with E-state index in [1.165, 1.54) is 4.90 Å². The van der Waals surface area contributed by atoms with Crippen molar-refractivity contribution in [3.63, 3.8) is 0 Å². The molecule has 0 bridgehead atoms. The molecule has 3 rings (SSSR count). The molecule has 0 amide bonds. The highest BCUT2D eigenvalue weighted by Crippen LogP contribution is 2.23. The van der Waals surface area contributed by atoms with Crippen molar-refractivity contribution in [1.82, 2.24) is 24.9 Å². The molecule has 27 heavy (non-hydrogen) atoms. The molecule has 2 fully saturated rings. The normalized spacial score (nSPS) is 25.2. The van der Waals surface area contributed by atoms with Crippen LogP contribution in [0, 0.1) is 5.92 Å². The Morgan fingerprint density at radius 1 is 1.37 bits per heavy atom. The third kappa shape index (κ3) is 5.58. The van der Waals surface area contributed by atoms with Gasteiger partial charge in [0.15, 0.2) is 5.96 Å². The second-order valence-electron chi connectivity index (χ2n) is 7.19. The third-order valence-corrected chi connectivity index (χ3v) is 5.00. The molecular weight excluding hydrogens is 361 g/mol. The number of alkyl halides is 3. The maximum absolute atomic E-state index is 12.5. The smallest absolute Gasteiger partial charge is 0.370 e. The number of rotatable bonds is 4. The van der Waals surface area contributed by atoms with Crippen LogP contribution in [-0.2, 0) is 11.8 Å². The van der Waals surface area contributed by atoms with E-state index in [-0.39, 0.29) is 12.0 Å². The predicted molar refractivity (Wildman–Crippen MR) is 95.4 cm³/mol. The summed E-state index contributed by atoms with van der Waals surface area (Å²) in [6, 6.07) is 0. The van der Waals surface area contributed by atoms with Crippen molar-refractivity contribution in [3.8, 4) is 0 Å². The number of likely N-dealkylation sites (tertiary alicyclic amines) is 1. The maximum Gasteiger partial charge on any atom is 0.401 e. The lowest BCUT2D eigenvalue weighted by Gasteiger charge is -2.35. The fraction of sp³-hybridized carbons (Fsp3) is 0.765. The number of aryl methyl sites for hydroxylation is 1. The molecule has 1 N–H and O–H groups in total. The zero-order chi connectivity index (χ0) is 19.4. The Labute approximate surface area is 157 Å². The molecule has 0 spiro atoms. The van der Waals surface area contributed by atoms with Gasteiger partial charge in [0.1, 0.15) is 6.10 Å². The zero-order valence-electron chi connectivity index (χ0n) is 15.7. The van der Waals surface area contributed by atoms with Crippen molar-refractivity contribution in [1.29, 1.82) is 0 Å². The highest BCUT2D eigenvalue weighted by atomic mass is 19.4. The van der Waals surface area contributed by atoms with Gasteiger partial charge in [0, 0.05) is 45.5 Å². The number of aliphatic imine (C=N–C) groups is 1. The number of halogens is 3. The Kier molecular flexibility index (Phi) is 6.25. The molecule has 2 atom stereocenters. The van der Waals surface area contributed by atoms with E-state index in [0.29, 0.717) is 32.8 Å². The summed E-state index contributed by atoms with van der Waals surface area (Å²) < 4.78 is 45.2. The second kappa shape index (κ2) is 8.47. The molecule has 2 saturated heterocycles. The SMILES string of the molecule is CN=C(NCC1CCN(CC(F)(F)F)C1)N1CCOC(c2cnn(C)c2)C1. The molecule has 7 nitrogen and oxygen atoms in total. The van der Waals surface area contributed by atoms with Gasteiger partial charge in [0.2, 0.25) is 0 Å². The number of hydrogen-bond acceptors (Lipinski definition) is 4. The van der Waals surface area contributed by atoms with Crippen LogP contribution in [0.25, 0.3) is 0 Å². The number of hydrogen-bond donors (Lipinski definition) is 1. The van der Waals surface area contributed by atoms with Gasteiger partial charge in [-0.2, -0.15) is 18.3 Å². The predicted octanol–water partition coefficient (Wildman–Crippen LogP) is 1.25. The standard InChI is InChI=1S/C17H27F3N6O/c1-21-16(22-7-13-3-4-25(9-13)12-17(18,19)20)26-5-6-27-15(11-26)14-8-23-24(2)10-14/h8,10,13,15H,3-7,9,11-12H2,1-2H3,(H,21,22). The van der Waals surface area contributed by atoms with E-state index in [1.807, 2.05) is 13.2 Å². The summed E-state index contributed by atoms with van der Waals surface area (Å²) in [7, 11) is 3.59. The number of nitrogens with zero attached hydrogens (tertiary/aromatic N) is 5. The lowest BCUT2D eigenvalue weighted by molar-refractivity contribution is -0.143. The van der Waals surface area contributed by atoms with Gasteiger partial charge < -0.3 is 15.0 Å². The van der Waals surface area contributed by atoms with E-state index < -0.39 is 12.7 Å². The molecule has 0 saturated carbocycles. The van der Waals surface area contributed by atoms with Crippen molar-refractivity contribution >= 4 is 5.96 Å². The van der Waals surface area contributed by atoms with Gasteiger partial charge in [-0.15, -0.1) is 0 Å². The van der Waals surface area contributed by atoms with Crippen LogP contribution < -0.4 is 5.32 Å². The van der Waals surface area contributed by atoms with Crippen LogP contribution in [0.2, 0.25) is 0 Å². The van der Waals surface area contributed by atoms with Crippen LogP contribution in [0.3, 0.4) is 0 Å². The Morgan fingerprint density at radius 2 is 2.19 bits per heavy atom. The van der Waals surface area contributed by atoms with Crippen molar-refractivity contribution in [2.75, 3.05) is 52.9 Å². The lowest BCUT2D eigenvalue weighted by Crippen LogP contribution is -2.49. The summed E-state index contributed by atoms with van der Waals surface area (Å²) in [6.07, 6.45) is 0.310. The molecule has 152 valence electrons. The van der Waals surface area contributed by atoms with Gasteiger partial charge in [0.25, 0.3) is 0 Å². The first-order valence-corrected chi connectivity index (χ1v) is 9.19. The summed E-state index contributed by atoms with van der Waals surface area (Å²) in [5.41, 5.74) is 1.02. The fourth-order valence-corrected chi connectivity index (χ4v) is 3.69. The van der Waals surface area contributed by atoms with E-state index in [4.69, 9.17) is 4.74 Å². The Morgan fingerprint density at radius 3 is 2.85 bits per heavy atom. The van der Waals surface area contributed by atoms with Gasteiger partial charge in [-0.1, -0.05) is 0 Å². The summed E-state index contributed by atoms with van der Waals surface area (Å²) in [5, 5.41) is 7.52. The van der Waals surface area contributed by atoms with E-state index in [2.05, 4.69) is 20.3 Å². The Hall–Kier alpha value is -1.81. The van der Waals surface area contributed by atoms with Gasteiger partial charge >= 0.3 is 6.18 Å². The molecule has 0 aliphatic carbocycles. The number of morpholine rings is 1. The van der Waals surface area contributed by atoms with Gasteiger partial charge in [0.05, 0.1) is 25.9 Å². The minimum atomic E-state index is -4.13. The summed E-state index contributed by atoms with van der Waals surface area (Å²) >= 11 is 0. The van der Waals surface area contributed by atoms with Gasteiger partial charge in [-0.25, -0.2) is 0 Å². The fourth-order valence-electron chi connectivity index (χ4n) is 3.69. The lowest BCUT2D eigenvalue weighted by atomic mass is 10.1. The monoisotopic (exact) mass is 388 g/mol. The molecule has 1 aromatic rings. The van der Waals surface area contributed by atoms with Crippen molar-refractivity contribution < 1.29 is 17.9 Å². The Balaban J connectivity index is 1.49. The van der Waals surface area contributed by atoms with E-state index in [1.54, 1.807) is 17.9 Å². The van der Waals surface area contributed by atoms with Crippen LogP contribution >= 0.6 is 0 Å². The largest absolute Gasteiger partial charge is 0.401 e. The first-order chi connectivity index (χ1) is 12.8. The number of nitrogens with one attached hydrogen (secondary N) is 1. The van der Waals surface area contributed by atoms with Crippen LogP contribution in [0.15, 0.2) is 17.4 Å². The summed E-state index contributed by atoms with van der Waals surface area (Å²) in [4.78, 5) is 7.95. The topological polar surface area (TPSA) is 57.9 Å². The third-order valence-electron chi connectivity index (χ3n) is 5.00. The first-order valence-electron chi connectivity index (χ1n) is 9.19. The number of ether oxygens (including phenoxy) is 1. The van der Waals surface area contributed by atoms with Crippen molar-refractivity contribution in [3.05, 3.63) is 18.0 Å². The molecule has 10 heteroatoms. The average Bonchev–Trinajstić information content (AvgIpc) is 3.23. The second-order valence-corrected chi connectivity index (χ2v) is 7.19. The quantitative estimate of drug-likeness (QED) is 0.622. The number of guanidine groups is 1. The van der Waals surface area contributed by atoms with Gasteiger partial charge in [-0.05, 0) is 18.9 Å². The molecular formula is C17H27F3N6O. The van der Waals surface area contributed by atoms with Crippen LogP contribution in [0.1, 0.15) is 18.1 Å². The highest BCUT2D eigenvalue weighted by molar-refractivity contribution is 5.80. The van der Waals surface area contributed by atoms with Gasteiger partial charge in [-0.3, -0.25) is 14.6 Å². The Bertz CT molecular complexity index is 647.